The number of amides is 3. The molecule has 1 aromatic rings. The number of cyclic esters (lactones) is 1. The second-order valence-electron chi connectivity index (χ2n) is 5.58. The van der Waals surface area contributed by atoms with Gasteiger partial charge in [0.05, 0.1) is 6.04 Å². The van der Waals surface area contributed by atoms with Gasteiger partial charge in [0.1, 0.15) is 0 Å². The minimum atomic E-state index is -0.951. The molecule has 2 aliphatic heterocycles. The standard InChI is InChI=1S/C15H17N3O4/c1-8-13(14(16)20)22-15(21)18(8)10-4-5-11-9(7-10)3-6-12(19)17(11)2/h4-5,7-8,13H,3,6H2,1-2H3,(H2,16,20)/t8?,13-/m1/s1. The molecule has 2 atom stereocenters. The van der Waals surface area contributed by atoms with Crippen LogP contribution in [0.2, 0.25) is 0 Å². The number of hydrogen-bond donors (Lipinski definition) is 1. The third-order valence-corrected chi connectivity index (χ3v) is 4.24. The number of anilines is 2. The molecular formula is C15H17N3O4. The molecule has 0 bridgehead atoms. The zero-order valence-electron chi connectivity index (χ0n) is 12.4. The highest BCUT2D eigenvalue weighted by molar-refractivity contribution is 5.98. The van der Waals surface area contributed by atoms with Gasteiger partial charge in [-0.2, -0.15) is 0 Å². The van der Waals surface area contributed by atoms with Crippen LogP contribution in [0.4, 0.5) is 16.2 Å². The van der Waals surface area contributed by atoms with Crippen LogP contribution in [0.1, 0.15) is 18.9 Å². The minimum absolute atomic E-state index is 0.0722. The van der Waals surface area contributed by atoms with E-state index in [2.05, 4.69) is 0 Å². The molecule has 2 aliphatic rings. The Morgan fingerprint density at radius 1 is 1.32 bits per heavy atom. The van der Waals surface area contributed by atoms with Crippen LogP contribution in [0.3, 0.4) is 0 Å². The lowest BCUT2D eigenvalue weighted by Gasteiger charge is -2.28. The van der Waals surface area contributed by atoms with E-state index in [1.807, 2.05) is 6.07 Å². The van der Waals surface area contributed by atoms with Gasteiger partial charge in [0.15, 0.2) is 0 Å². The summed E-state index contributed by atoms with van der Waals surface area (Å²) < 4.78 is 5.03. The summed E-state index contributed by atoms with van der Waals surface area (Å²) in [5.74, 6) is -0.588. The van der Waals surface area contributed by atoms with E-state index in [1.54, 1.807) is 31.0 Å². The number of benzene rings is 1. The lowest BCUT2D eigenvalue weighted by atomic mass is 10.00. The van der Waals surface area contributed by atoms with Crippen molar-refractivity contribution in [2.75, 3.05) is 16.8 Å². The third kappa shape index (κ3) is 2.09. The molecule has 2 heterocycles. The molecule has 7 heteroatoms. The molecule has 1 fully saturated rings. The number of nitrogens with zero attached hydrogens (tertiary/aromatic N) is 2. The number of rotatable bonds is 2. The SMILES string of the molecule is CC1[C@H](C(N)=O)OC(=O)N1c1ccc2c(c1)CCC(=O)N2C. The van der Waals surface area contributed by atoms with E-state index in [4.69, 9.17) is 10.5 Å². The van der Waals surface area contributed by atoms with Crippen molar-refractivity contribution in [1.29, 1.82) is 0 Å². The Kier molecular flexibility index (Phi) is 3.27. The summed E-state index contributed by atoms with van der Waals surface area (Å²) in [5.41, 5.74) is 7.72. The Morgan fingerprint density at radius 2 is 2.05 bits per heavy atom. The van der Waals surface area contributed by atoms with Gasteiger partial charge in [-0.15, -0.1) is 0 Å². The van der Waals surface area contributed by atoms with Crippen LogP contribution in [0, 0.1) is 0 Å². The maximum atomic E-state index is 12.0. The number of primary amides is 1. The molecule has 3 rings (SSSR count). The van der Waals surface area contributed by atoms with Crippen LogP contribution in [-0.4, -0.2) is 37.1 Å². The van der Waals surface area contributed by atoms with E-state index in [1.165, 1.54) is 4.90 Å². The van der Waals surface area contributed by atoms with Gasteiger partial charge in [-0.1, -0.05) is 0 Å². The van der Waals surface area contributed by atoms with Gasteiger partial charge in [-0.05, 0) is 37.1 Å². The van der Waals surface area contributed by atoms with Crippen molar-refractivity contribution < 1.29 is 19.1 Å². The average Bonchev–Trinajstić information content (AvgIpc) is 2.78. The maximum absolute atomic E-state index is 12.0. The van der Waals surface area contributed by atoms with Crippen LogP contribution < -0.4 is 15.5 Å². The van der Waals surface area contributed by atoms with Gasteiger partial charge in [-0.3, -0.25) is 14.5 Å². The lowest BCUT2D eigenvalue weighted by molar-refractivity contribution is -0.125. The molecule has 0 radical (unpaired) electrons. The van der Waals surface area contributed by atoms with Crippen molar-refractivity contribution in [2.45, 2.75) is 31.9 Å². The van der Waals surface area contributed by atoms with Crippen molar-refractivity contribution in [3.63, 3.8) is 0 Å². The van der Waals surface area contributed by atoms with E-state index in [-0.39, 0.29) is 5.91 Å². The highest BCUT2D eigenvalue weighted by Gasteiger charge is 2.43. The van der Waals surface area contributed by atoms with Gasteiger partial charge in [0, 0.05) is 24.8 Å². The summed E-state index contributed by atoms with van der Waals surface area (Å²) in [5, 5.41) is 0. The normalized spacial score (nSPS) is 24.3. The molecular weight excluding hydrogens is 286 g/mol. The fraction of sp³-hybridized carbons (Fsp3) is 0.400. The van der Waals surface area contributed by atoms with E-state index < -0.39 is 24.1 Å². The summed E-state index contributed by atoms with van der Waals surface area (Å²) in [6.07, 6.45) is -0.469. The molecule has 1 saturated heterocycles. The highest BCUT2D eigenvalue weighted by atomic mass is 16.6. The summed E-state index contributed by atoms with van der Waals surface area (Å²) in [7, 11) is 1.73. The zero-order valence-corrected chi connectivity index (χ0v) is 12.4. The number of ether oxygens (including phenoxy) is 1. The lowest BCUT2D eigenvalue weighted by Crippen LogP contribution is -2.40. The Morgan fingerprint density at radius 3 is 2.68 bits per heavy atom. The molecule has 0 saturated carbocycles. The number of aryl methyl sites for hydroxylation is 1. The molecule has 1 unspecified atom stereocenters. The Bertz CT molecular complexity index is 673. The van der Waals surface area contributed by atoms with E-state index >= 15 is 0 Å². The summed E-state index contributed by atoms with van der Waals surface area (Å²) in [4.78, 5) is 38.1. The predicted octanol–water partition coefficient (Wildman–Crippen LogP) is 0.795. The van der Waals surface area contributed by atoms with E-state index in [0.717, 1.165) is 11.3 Å². The molecule has 7 nitrogen and oxygen atoms in total. The molecule has 0 aromatic heterocycles. The topological polar surface area (TPSA) is 92.9 Å². The Hall–Kier alpha value is -2.57. The largest absolute Gasteiger partial charge is 0.433 e. The minimum Gasteiger partial charge on any atom is -0.433 e. The first kappa shape index (κ1) is 14.4. The smallest absolute Gasteiger partial charge is 0.415 e. The first-order valence-electron chi connectivity index (χ1n) is 7.09. The Labute approximate surface area is 127 Å². The second-order valence-corrected chi connectivity index (χ2v) is 5.58. The van der Waals surface area contributed by atoms with Crippen LogP contribution in [0.5, 0.6) is 0 Å². The fourth-order valence-corrected chi connectivity index (χ4v) is 2.99. The number of nitrogens with two attached hydrogens (primary N) is 1. The van der Waals surface area contributed by atoms with Crippen molar-refractivity contribution in [3.8, 4) is 0 Å². The van der Waals surface area contributed by atoms with Crippen molar-refractivity contribution >= 4 is 29.3 Å². The summed E-state index contributed by atoms with van der Waals surface area (Å²) in [6.45, 7) is 1.72. The van der Waals surface area contributed by atoms with Gasteiger partial charge >= 0.3 is 6.09 Å². The van der Waals surface area contributed by atoms with Crippen molar-refractivity contribution in [3.05, 3.63) is 23.8 Å². The molecule has 3 amide bonds. The number of carbonyl (C=O) groups is 3. The molecule has 22 heavy (non-hydrogen) atoms. The van der Waals surface area contributed by atoms with Crippen LogP contribution in [-0.2, 0) is 20.7 Å². The first-order chi connectivity index (χ1) is 10.4. The van der Waals surface area contributed by atoms with E-state index in [9.17, 15) is 14.4 Å². The quantitative estimate of drug-likeness (QED) is 0.874. The van der Waals surface area contributed by atoms with Crippen LogP contribution in [0.15, 0.2) is 18.2 Å². The van der Waals surface area contributed by atoms with Crippen LogP contribution >= 0.6 is 0 Å². The van der Waals surface area contributed by atoms with Gasteiger partial charge in [-0.25, -0.2) is 4.79 Å². The van der Waals surface area contributed by atoms with Gasteiger partial charge in [0.25, 0.3) is 5.91 Å². The third-order valence-electron chi connectivity index (χ3n) is 4.24. The maximum Gasteiger partial charge on any atom is 0.415 e. The zero-order chi connectivity index (χ0) is 16.0. The molecule has 0 aliphatic carbocycles. The molecule has 0 spiro atoms. The first-order valence-corrected chi connectivity index (χ1v) is 7.09. The number of hydrogen-bond acceptors (Lipinski definition) is 4. The van der Waals surface area contributed by atoms with E-state index in [0.29, 0.717) is 18.5 Å². The summed E-state index contributed by atoms with van der Waals surface area (Å²) >= 11 is 0. The highest BCUT2D eigenvalue weighted by Crippen LogP contribution is 2.33. The number of fused-ring (bicyclic) bond motifs is 1. The monoisotopic (exact) mass is 303 g/mol. The predicted molar refractivity (Wildman–Crippen MR) is 79.6 cm³/mol. The van der Waals surface area contributed by atoms with Crippen molar-refractivity contribution in [1.82, 2.24) is 0 Å². The van der Waals surface area contributed by atoms with Gasteiger partial charge in [0.2, 0.25) is 12.0 Å². The fourth-order valence-electron chi connectivity index (χ4n) is 2.99. The summed E-state index contributed by atoms with van der Waals surface area (Å²) in [6, 6.07) is 4.94. The molecule has 1 aromatic carbocycles. The molecule has 2 N–H and O–H groups in total. The molecule has 116 valence electrons. The Balaban J connectivity index is 1.95. The van der Waals surface area contributed by atoms with Crippen LogP contribution in [0.25, 0.3) is 0 Å². The number of carbonyl (C=O) groups excluding carboxylic acids is 3. The average molecular weight is 303 g/mol. The van der Waals surface area contributed by atoms with Crippen molar-refractivity contribution in [2.24, 2.45) is 5.73 Å². The van der Waals surface area contributed by atoms with Gasteiger partial charge < -0.3 is 15.4 Å². The second kappa shape index (κ2) is 5.01.